The lowest BCUT2D eigenvalue weighted by molar-refractivity contribution is 0.463. The topological polar surface area (TPSA) is 101 Å². The zero-order valence-electron chi connectivity index (χ0n) is 12.1. The van der Waals surface area contributed by atoms with Crippen molar-refractivity contribution in [3.05, 3.63) is 35.5 Å². The zero-order chi connectivity index (χ0) is 15.8. The number of anilines is 1. The van der Waals surface area contributed by atoms with Crippen molar-refractivity contribution in [2.75, 3.05) is 12.8 Å². The molecule has 8 heteroatoms. The van der Waals surface area contributed by atoms with Gasteiger partial charge >= 0.3 is 0 Å². The Labute approximate surface area is 123 Å². The summed E-state index contributed by atoms with van der Waals surface area (Å²) in [5.41, 5.74) is 6.96. The number of nitrogens with two attached hydrogens (primary N) is 1. The Morgan fingerprint density at radius 2 is 1.90 bits per heavy atom. The lowest BCUT2D eigenvalue weighted by Crippen LogP contribution is -2.27. The van der Waals surface area contributed by atoms with Crippen molar-refractivity contribution in [3.63, 3.8) is 0 Å². The molecule has 114 valence electrons. The van der Waals surface area contributed by atoms with Gasteiger partial charge in [0.2, 0.25) is 10.0 Å². The minimum Gasteiger partial charge on any atom is -0.508 e. The molecule has 2 aromatic rings. The number of benzene rings is 1. The lowest BCUT2D eigenvalue weighted by Gasteiger charge is -2.17. The van der Waals surface area contributed by atoms with Crippen LogP contribution in [0.15, 0.2) is 29.2 Å². The number of aromatic nitrogens is 2. The van der Waals surface area contributed by atoms with Crippen molar-refractivity contribution in [1.82, 2.24) is 14.1 Å². The molecule has 1 heterocycles. The Hall–Kier alpha value is -2.06. The first-order valence-electron chi connectivity index (χ1n) is 6.27. The van der Waals surface area contributed by atoms with E-state index < -0.39 is 10.0 Å². The second-order valence-electron chi connectivity index (χ2n) is 4.85. The molecule has 0 atom stereocenters. The molecule has 0 spiro atoms. The Bertz CT molecular complexity index is 750. The monoisotopic (exact) mass is 310 g/mol. The van der Waals surface area contributed by atoms with Crippen LogP contribution in [0.2, 0.25) is 0 Å². The predicted molar refractivity (Wildman–Crippen MR) is 79.1 cm³/mol. The van der Waals surface area contributed by atoms with Crippen LogP contribution in [0, 0.1) is 6.92 Å². The molecule has 0 radical (unpaired) electrons. The van der Waals surface area contributed by atoms with Gasteiger partial charge < -0.3 is 10.8 Å². The van der Waals surface area contributed by atoms with Gasteiger partial charge in [-0.3, -0.25) is 4.68 Å². The van der Waals surface area contributed by atoms with Crippen LogP contribution in [-0.4, -0.2) is 34.7 Å². The van der Waals surface area contributed by atoms with Crippen molar-refractivity contribution < 1.29 is 13.5 Å². The summed E-state index contributed by atoms with van der Waals surface area (Å²) in [5, 5.41) is 13.2. The maximum Gasteiger partial charge on any atom is 0.248 e. The van der Waals surface area contributed by atoms with Gasteiger partial charge in [-0.2, -0.15) is 9.40 Å². The number of rotatable bonds is 4. The summed E-state index contributed by atoms with van der Waals surface area (Å²) >= 11 is 0. The van der Waals surface area contributed by atoms with Crippen molar-refractivity contribution in [3.8, 4) is 5.75 Å². The van der Waals surface area contributed by atoms with Crippen LogP contribution in [0.3, 0.4) is 0 Å². The minimum atomic E-state index is -3.73. The molecule has 0 saturated heterocycles. The van der Waals surface area contributed by atoms with Crippen LogP contribution in [0.1, 0.15) is 11.3 Å². The van der Waals surface area contributed by atoms with Gasteiger partial charge in [0.15, 0.2) is 5.82 Å². The van der Waals surface area contributed by atoms with E-state index in [-0.39, 0.29) is 23.0 Å². The fourth-order valence-corrected chi connectivity index (χ4v) is 3.47. The molecule has 0 aliphatic rings. The van der Waals surface area contributed by atoms with Gasteiger partial charge in [0.1, 0.15) is 10.6 Å². The standard InChI is InChI=1S/C13H18N4O3S/c1-9-12(13(14)15-17(9)3)21(19,20)16(2)8-10-4-6-11(18)7-5-10/h4-7,18H,8H2,1-3H3,(H2,14,15). The normalized spacial score (nSPS) is 12.0. The van der Waals surface area contributed by atoms with Crippen molar-refractivity contribution in [2.24, 2.45) is 7.05 Å². The maximum atomic E-state index is 12.6. The molecule has 2 rings (SSSR count). The van der Waals surface area contributed by atoms with E-state index in [0.717, 1.165) is 5.56 Å². The van der Waals surface area contributed by atoms with Gasteiger partial charge in [0.25, 0.3) is 0 Å². The summed E-state index contributed by atoms with van der Waals surface area (Å²) < 4.78 is 27.9. The number of nitrogen functional groups attached to an aromatic ring is 1. The van der Waals surface area contributed by atoms with E-state index in [1.54, 1.807) is 26.1 Å². The molecule has 7 nitrogen and oxygen atoms in total. The van der Waals surface area contributed by atoms with E-state index in [9.17, 15) is 13.5 Å². The second kappa shape index (κ2) is 5.38. The fourth-order valence-electron chi connectivity index (χ4n) is 2.03. The first-order valence-corrected chi connectivity index (χ1v) is 7.71. The van der Waals surface area contributed by atoms with E-state index in [2.05, 4.69) is 5.10 Å². The van der Waals surface area contributed by atoms with E-state index >= 15 is 0 Å². The van der Waals surface area contributed by atoms with Crippen LogP contribution in [0.5, 0.6) is 5.75 Å². The molecule has 0 amide bonds. The van der Waals surface area contributed by atoms with Crippen molar-refractivity contribution in [2.45, 2.75) is 18.4 Å². The highest BCUT2D eigenvalue weighted by Gasteiger charge is 2.28. The van der Waals surface area contributed by atoms with Gasteiger partial charge in [-0.25, -0.2) is 8.42 Å². The van der Waals surface area contributed by atoms with E-state index in [4.69, 9.17) is 5.73 Å². The Balaban J connectivity index is 2.32. The fraction of sp³-hybridized carbons (Fsp3) is 0.308. The average molecular weight is 310 g/mol. The molecule has 1 aromatic carbocycles. The Morgan fingerprint density at radius 3 is 2.38 bits per heavy atom. The molecule has 0 fully saturated rings. The number of hydrogen-bond acceptors (Lipinski definition) is 5. The summed E-state index contributed by atoms with van der Waals surface area (Å²) in [5.74, 6) is 0.129. The molecule has 0 bridgehead atoms. The molecule has 0 saturated carbocycles. The summed E-state index contributed by atoms with van der Waals surface area (Å²) in [6.07, 6.45) is 0. The quantitative estimate of drug-likeness (QED) is 0.871. The summed E-state index contributed by atoms with van der Waals surface area (Å²) in [6.45, 7) is 1.83. The van der Waals surface area contributed by atoms with E-state index in [1.165, 1.54) is 28.2 Å². The smallest absolute Gasteiger partial charge is 0.248 e. The SMILES string of the molecule is Cc1c(S(=O)(=O)N(C)Cc2ccc(O)cc2)c(N)nn1C. The van der Waals surface area contributed by atoms with Crippen molar-refractivity contribution in [1.29, 1.82) is 0 Å². The number of phenols is 1. The third-order valence-electron chi connectivity index (χ3n) is 3.31. The summed E-state index contributed by atoms with van der Waals surface area (Å²) in [7, 11) is -0.602. The number of aromatic hydroxyl groups is 1. The highest BCUT2D eigenvalue weighted by molar-refractivity contribution is 7.89. The average Bonchev–Trinajstić information content (AvgIpc) is 2.66. The summed E-state index contributed by atoms with van der Waals surface area (Å²) in [6, 6.07) is 6.36. The van der Waals surface area contributed by atoms with Gasteiger partial charge in [-0.15, -0.1) is 0 Å². The highest BCUT2D eigenvalue weighted by Crippen LogP contribution is 2.25. The van der Waals surface area contributed by atoms with Gasteiger partial charge in [0, 0.05) is 20.6 Å². The molecule has 3 N–H and O–H groups in total. The molecule has 0 aliphatic heterocycles. The van der Waals surface area contributed by atoms with Crippen LogP contribution in [0.25, 0.3) is 0 Å². The number of hydrogen-bond donors (Lipinski definition) is 2. The van der Waals surface area contributed by atoms with E-state index in [1.807, 2.05) is 0 Å². The third-order valence-corrected chi connectivity index (χ3v) is 5.28. The van der Waals surface area contributed by atoms with Crippen LogP contribution in [0.4, 0.5) is 5.82 Å². The largest absolute Gasteiger partial charge is 0.508 e. The van der Waals surface area contributed by atoms with Crippen LogP contribution >= 0.6 is 0 Å². The number of sulfonamides is 1. The highest BCUT2D eigenvalue weighted by atomic mass is 32.2. The summed E-state index contributed by atoms with van der Waals surface area (Å²) in [4.78, 5) is 0.0336. The molecule has 0 aliphatic carbocycles. The Kier molecular flexibility index (Phi) is 3.93. The molecular formula is C13H18N4O3S. The molecule has 0 unspecified atom stereocenters. The molecule has 21 heavy (non-hydrogen) atoms. The van der Waals surface area contributed by atoms with Gasteiger partial charge in [-0.1, -0.05) is 12.1 Å². The Morgan fingerprint density at radius 1 is 1.33 bits per heavy atom. The van der Waals surface area contributed by atoms with Crippen LogP contribution in [-0.2, 0) is 23.6 Å². The first kappa shape index (κ1) is 15.3. The molecular weight excluding hydrogens is 292 g/mol. The lowest BCUT2D eigenvalue weighted by atomic mass is 10.2. The van der Waals surface area contributed by atoms with Crippen molar-refractivity contribution >= 4 is 15.8 Å². The maximum absolute atomic E-state index is 12.6. The third kappa shape index (κ3) is 2.86. The van der Waals surface area contributed by atoms with E-state index in [0.29, 0.717) is 5.69 Å². The number of nitrogens with zero attached hydrogens (tertiary/aromatic N) is 3. The molecule has 1 aromatic heterocycles. The second-order valence-corrected chi connectivity index (χ2v) is 6.83. The number of phenolic OH excluding ortho intramolecular Hbond substituents is 1. The predicted octanol–water partition coefficient (Wildman–Crippen LogP) is 0.837. The van der Waals surface area contributed by atoms with Gasteiger partial charge in [-0.05, 0) is 24.6 Å². The van der Waals surface area contributed by atoms with Crippen LogP contribution < -0.4 is 5.73 Å². The first-order chi connectivity index (χ1) is 9.73. The minimum absolute atomic E-state index is 0.00689. The van der Waals surface area contributed by atoms with Gasteiger partial charge in [0.05, 0.1) is 5.69 Å². The number of aryl methyl sites for hydroxylation is 1. The zero-order valence-corrected chi connectivity index (χ0v) is 12.9.